The maximum absolute atomic E-state index is 12.6. The van der Waals surface area contributed by atoms with Crippen LogP contribution in [0.1, 0.15) is 42.5 Å². The molecule has 5 nitrogen and oxygen atoms in total. The van der Waals surface area contributed by atoms with Crippen molar-refractivity contribution < 1.29 is 13.2 Å². The number of para-hydroxylation sites is 1. The molecular formula is C20H24N2O3S. The highest BCUT2D eigenvalue weighted by atomic mass is 32.2. The van der Waals surface area contributed by atoms with Crippen LogP contribution in [0.5, 0.6) is 0 Å². The Labute approximate surface area is 155 Å². The molecule has 0 atom stereocenters. The lowest BCUT2D eigenvalue weighted by molar-refractivity contribution is 0.0993. The molecule has 0 aromatic heterocycles. The Balaban J connectivity index is 1.72. The van der Waals surface area contributed by atoms with Crippen molar-refractivity contribution in [3.05, 3.63) is 60.2 Å². The number of carbonyl (C=O) groups is 1. The molecular weight excluding hydrogens is 348 g/mol. The molecule has 2 aromatic rings. The molecule has 1 saturated carbocycles. The highest BCUT2D eigenvalue weighted by Crippen LogP contribution is 2.21. The zero-order valence-corrected chi connectivity index (χ0v) is 15.7. The van der Waals surface area contributed by atoms with E-state index in [0.717, 1.165) is 31.4 Å². The lowest BCUT2D eigenvalue weighted by Gasteiger charge is -2.22. The van der Waals surface area contributed by atoms with E-state index in [9.17, 15) is 13.2 Å². The normalized spacial score (nSPS) is 15.6. The molecule has 138 valence electrons. The van der Waals surface area contributed by atoms with Gasteiger partial charge in [-0.25, -0.2) is 13.1 Å². The third kappa shape index (κ3) is 4.31. The Morgan fingerprint density at radius 3 is 2.19 bits per heavy atom. The van der Waals surface area contributed by atoms with E-state index in [1.54, 1.807) is 24.1 Å². The van der Waals surface area contributed by atoms with E-state index in [1.165, 1.54) is 18.6 Å². The van der Waals surface area contributed by atoms with Crippen LogP contribution in [0.4, 0.5) is 5.69 Å². The summed E-state index contributed by atoms with van der Waals surface area (Å²) in [5.74, 6) is -0.180. The number of carbonyl (C=O) groups excluding carboxylic acids is 1. The summed E-state index contributed by atoms with van der Waals surface area (Å²) in [5.41, 5.74) is 1.24. The minimum atomic E-state index is -3.55. The first-order valence-electron chi connectivity index (χ1n) is 8.93. The van der Waals surface area contributed by atoms with Crippen LogP contribution in [0, 0.1) is 0 Å². The lowest BCUT2D eigenvalue weighted by Crippen LogP contribution is -2.36. The average Bonchev–Trinajstić information content (AvgIpc) is 2.68. The van der Waals surface area contributed by atoms with E-state index < -0.39 is 10.0 Å². The van der Waals surface area contributed by atoms with Gasteiger partial charge in [-0.15, -0.1) is 0 Å². The molecule has 0 spiro atoms. The summed E-state index contributed by atoms with van der Waals surface area (Å²) < 4.78 is 27.8. The Kier molecular flexibility index (Phi) is 5.74. The van der Waals surface area contributed by atoms with E-state index in [-0.39, 0.29) is 16.8 Å². The van der Waals surface area contributed by atoms with Gasteiger partial charge in [-0.1, -0.05) is 37.5 Å². The summed E-state index contributed by atoms with van der Waals surface area (Å²) >= 11 is 0. The van der Waals surface area contributed by atoms with Crippen LogP contribution in [-0.4, -0.2) is 27.4 Å². The number of benzene rings is 2. The lowest BCUT2D eigenvalue weighted by atomic mass is 9.96. The molecule has 0 aliphatic heterocycles. The predicted molar refractivity (Wildman–Crippen MR) is 103 cm³/mol. The van der Waals surface area contributed by atoms with Crippen LogP contribution < -0.4 is 9.62 Å². The van der Waals surface area contributed by atoms with E-state index >= 15 is 0 Å². The second-order valence-electron chi connectivity index (χ2n) is 6.68. The predicted octanol–water partition coefficient (Wildman–Crippen LogP) is 3.57. The maximum atomic E-state index is 12.6. The number of rotatable bonds is 5. The number of hydrogen-bond acceptors (Lipinski definition) is 3. The first kappa shape index (κ1) is 18.6. The minimum Gasteiger partial charge on any atom is -0.311 e. The van der Waals surface area contributed by atoms with E-state index in [4.69, 9.17) is 0 Å². The van der Waals surface area contributed by atoms with E-state index in [2.05, 4.69) is 4.72 Å². The third-order valence-corrected chi connectivity index (χ3v) is 6.32. The minimum absolute atomic E-state index is 0.0132. The molecule has 0 radical (unpaired) electrons. The van der Waals surface area contributed by atoms with Crippen LogP contribution >= 0.6 is 0 Å². The summed E-state index contributed by atoms with van der Waals surface area (Å²) in [7, 11) is -1.85. The van der Waals surface area contributed by atoms with Crippen LogP contribution in [0.25, 0.3) is 0 Å². The molecule has 1 amide bonds. The summed E-state index contributed by atoms with van der Waals surface area (Å²) in [6.07, 6.45) is 5.07. The molecule has 1 aliphatic carbocycles. The summed E-state index contributed by atoms with van der Waals surface area (Å²) in [6.45, 7) is 0. The van der Waals surface area contributed by atoms with E-state index in [1.807, 2.05) is 30.3 Å². The fraction of sp³-hybridized carbons (Fsp3) is 0.350. The van der Waals surface area contributed by atoms with Crippen molar-refractivity contribution in [3.63, 3.8) is 0 Å². The second kappa shape index (κ2) is 8.01. The molecule has 0 saturated heterocycles. The van der Waals surface area contributed by atoms with E-state index in [0.29, 0.717) is 5.56 Å². The van der Waals surface area contributed by atoms with Crippen molar-refractivity contribution in [2.24, 2.45) is 0 Å². The van der Waals surface area contributed by atoms with Crippen LogP contribution in [0.3, 0.4) is 0 Å². The molecule has 26 heavy (non-hydrogen) atoms. The van der Waals surface area contributed by atoms with Gasteiger partial charge in [-0.2, -0.15) is 0 Å². The van der Waals surface area contributed by atoms with Crippen LogP contribution in [0.15, 0.2) is 59.5 Å². The summed E-state index contributed by atoms with van der Waals surface area (Å²) in [6, 6.07) is 15.5. The van der Waals surface area contributed by atoms with Crippen molar-refractivity contribution in [1.29, 1.82) is 0 Å². The Hall–Kier alpha value is -2.18. The van der Waals surface area contributed by atoms with Gasteiger partial charge in [0.05, 0.1) is 4.90 Å². The van der Waals surface area contributed by atoms with Gasteiger partial charge in [0.2, 0.25) is 10.0 Å². The van der Waals surface area contributed by atoms with Crippen LogP contribution in [-0.2, 0) is 10.0 Å². The SMILES string of the molecule is CN(C(=O)c1ccc(S(=O)(=O)NC2CCCCC2)cc1)c1ccccc1. The van der Waals surface area contributed by atoms with Gasteiger partial charge >= 0.3 is 0 Å². The number of sulfonamides is 1. The standard InChI is InChI=1S/C20H24N2O3S/c1-22(18-10-6-3-7-11-18)20(23)16-12-14-19(15-13-16)26(24,25)21-17-8-4-2-5-9-17/h3,6-7,10-15,17,21H,2,4-5,8-9H2,1H3. The van der Waals surface area contributed by atoms with Gasteiger partial charge < -0.3 is 4.90 Å². The molecule has 6 heteroatoms. The topological polar surface area (TPSA) is 66.5 Å². The molecule has 0 unspecified atom stereocenters. The number of anilines is 1. The largest absolute Gasteiger partial charge is 0.311 e. The van der Waals surface area contributed by atoms with Gasteiger partial charge in [0, 0.05) is 24.3 Å². The zero-order chi connectivity index (χ0) is 18.6. The molecule has 2 aromatic carbocycles. The monoisotopic (exact) mass is 372 g/mol. The molecule has 1 N–H and O–H groups in total. The number of amides is 1. The molecule has 0 heterocycles. The number of hydrogen-bond donors (Lipinski definition) is 1. The van der Waals surface area contributed by atoms with Crippen molar-refractivity contribution in [2.75, 3.05) is 11.9 Å². The fourth-order valence-electron chi connectivity index (χ4n) is 3.25. The van der Waals surface area contributed by atoms with Gasteiger partial charge in [0.1, 0.15) is 0 Å². The molecule has 1 aliphatic rings. The average molecular weight is 372 g/mol. The van der Waals surface area contributed by atoms with Crippen molar-refractivity contribution in [2.45, 2.75) is 43.0 Å². The highest BCUT2D eigenvalue weighted by Gasteiger charge is 2.22. The van der Waals surface area contributed by atoms with Crippen molar-refractivity contribution >= 4 is 21.6 Å². The smallest absolute Gasteiger partial charge is 0.258 e. The summed E-state index contributed by atoms with van der Waals surface area (Å²) in [5, 5.41) is 0. The molecule has 3 rings (SSSR count). The van der Waals surface area contributed by atoms with Gasteiger partial charge in [-0.3, -0.25) is 4.79 Å². The molecule has 1 fully saturated rings. The van der Waals surface area contributed by atoms with Crippen LogP contribution in [0.2, 0.25) is 0 Å². The van der Waals surface area contributed by atoms with Crippen molar-refractivity contribution in [3.8, 4) is 0 Å². The maximum Gasteiger partial charge on any atom is 0.258 e. The van der Waals surface area contributed by atoms with Crippen molar-refractivity contribution in [1.82, 2.24) is 4.72 Å². The summed E-state index contributed by atoms with van der Waals surface area (Å²) in [4.78, 5) is 14.3. The van der Waals surface area contributed by atoms with Gasteiger partial charge in [-0.05, 0) is 49.2 Å². The Bertz CT molecular complexity index is 842. The van der Waals surface area contributed by atoms with Gasteiger partial charge in [0.25, 0.3) is 5.91 Å². The quantitative estimate of drug-likeness (QED) is 0.872. The molecule has 0 bridgehead atoms. The first-order chi connectivity index (χ1) is 12.5. The second-order valence-corrected chi connectivity index (χ2v) is 8.39. The number of nitrogens with zero attached hydrogens (tertiary/aromatic N) is 1. The Morgan fingerprint density at radius 1 is 0.962 bits per heavy atom. The van der Waals surface area contributed by atoms with Gasteiger partial charge in [0.15, 0.2) is 0 Å². The fourth-order valence-corrected chi connectivity index (χ4v) is 4.55. The zero-order valence-electron chi connectivity index (χ0n) is 14.9. The Morgan fingerprint density at radius 2 is 1.58 bits per heavy atom. The first-order valence-corrected chi connectivity index (χ1v) is 10.4. The number of nitrogens with one attached hydrogen (secondary N) is 1. The highest BCUT2D eigenvalue weighted by molar-refractivity contribution is 7.89. The third-order valence-electron chi connectivity index (χ3n) is 4.79.